The second kappa shape index (κ2) is 4.18. The molecule has 0 saturated carbocycles. The minimum absolute atomic E-state index is 0.376. The minimum atomic E-state index is 0.376. The molecule has 1 aromatic heterocycles. The predicted octanol–water partition coefficient (Wildman–Crippen LogP) is 1.31. The first-order valence-corrected chi connectivity index (χ1v) is 6.20. The van der Waals surface area contributed by atoms with Crippen molar-refractivity contribution in [2.24, 2.45) is 0 Å². The topological polar surface area (TPSA) is 39.1 Å². The summed E-state index contributed by atoms with van der Waals surface area (Å²) >= 11 is 0. The van der Waals surface area contributed by atoms with E-state index < -0.39 is 0 Å². The monoisotopic (exact) mass is 221 g/mol. The van der Waals surface area contributed by atoms with E-state index in [0.717, 1.165) is 19.7 Å². The van der Waals surface area contributed by atoms with Crippen LogP contribution in [-0.4, -0.2) is 35.4 Å². The van der Waals surface area contributed by atoms with Gasteiger partial charge in [-0.2, -0.15) is 0 Å². The molecule has 16 heavy (non-hydrogen) atoms. The molecule has 3 rings (SSSR count). The van der Waals surface area contributed by atoms with E-state index in [1.165, 1.54) is 18.5 Å². The van der Waals surface area contributed by atoms with E-state index in [4.69, 9.17) is 4.74 Å². The molecule has 2 aliphatic heterocycles. The smallest absolute Gasteiger partial charge is 0.0951 e. The molecule has 2 aliphatic rings. The molecular formula is C12H19N3O. The molecule has 2 unspecified atom stereocenters. The molecule has 0 aromatic carbocycles. The van der Waals surface area contributed by atoms with Gasteiger partial charge >= 0.3 is 0 Å². The second-order valence-corrected chi connectivity index (χ2v) is 4.87. The number of imidazole rings is 1. The highest BCUT2D eigenvalue weighted by Crippen LogP contribution is 2.28. The van der Waals surface area contributed by atoms with Gasteiger partial charge in [0, 0.05) is 37.5 Å². The summed E-state index contributed by atoms with van der Waals surface area (Å²) in [6.07, 6.45) is 6.73. The van der Waals surface area contributed by atoms with Gasteiger partial charge in [0.25, 0.3) is 0 Å². The Morgan fingerprint density at radius 3 is 3.06 bits per heavy atom. The summed E-state index contributed by atoms with van der Waals surface area (Å²) in [6.45, 7) is 5.34. The predicted molar refractivity (Wildman–Crippen MR) is 61.5 cm³/mol. The number of ether oxygens (including phenoxy) is 1. The highest BCUT2D eigenvalue weighted by Gasteiger charge is 2.28. The van der Waals surface area contributed by atoms with Crippen molar-refractivity contribution in [3.8, 4) is 0 Å². The van der Waals surface area contributed by atoms with E-state index in [9.17, 15) is 0 Å². The Kier molecular flexibility index (Phi) is 2.69. The number of aromatic nitrogens is 2. The van der Waals surface area contributed by atoms with Crippen LogP contribution in [0.3, 0.4) is 0 Å². The molecule has 0 amide bonds. The maximum Gasteiger partial charge on any atom is 0.0951 e. The van der Waals surface area contributed by atoms with Crippen molar-refractivity contribution in [3.63, 3.8) is 0 Å². The number of hydrogen-bond acceptors (Lipinski definition) is 3. The Labute approximate surface area is 96.0 Å². The number of hydrogen-bond donors (Lipinski definition) is 1. The zero-order chi connectivity index (χ0) is 11.0. The summed E-state index contributed by atoms with van der Waals surface area (Å²) in [5.74, 6) is 0.645. The third-order valence-corrected chi connectivity index (χ3v) is 3.84. The molecule has 4 heteroatoms. The summed E-state index contributed by atoms with van der Waals surface area (Å²) in [4.78, 5) is 4.30. The van der Waals surface area contributed by atoms with Crippen LogP contribution in [-0.2, 0) is 4.74 Å². The number of nitrogens with zero attached hydrogens (tertiary/aromatic N) is 2. The SMILES string of the molecule is CC(C1CCCO1)n1cncc1C1CNC1. The van der Waals surface area contributed by atoms with E-state index in [1.54, 1.807) is 0 Å². The Balaban J connectivity index is 1.79. The molecule has 0 bridgehead atoms. The summed E-state index contributed by atoms with van der Waals surface area (Å²) < 4.78 is 8.07. The van der Waals surface area contributed by atoms with Crippen LogP contribution in [0.15, 0.2) is 12.5 Å². The fourth-order valence-corrected chi connectivity index (χ4v) is 2.63. The van der Waals surface area contributed by atoms with Gasteiger partial charge in [-0.05, 0) is 19.8 Å². The molecule has 1 N–H and O–H groups in total. The van der Waals surface area contributed by atoms with Gasteiger partial charge in [-0.3, -0.25) is 0 Å². The van der Waals surface area contributed by atoms with Crippen molar-refractivity contribution in [2.45, 2.75) is 37.8 Å². The third kappa shape index (κ3) is 1.66. The Hall–Kier alpha value is -0.870. The highest BCUT2D eigenvalue weighted by molar-refractivity contribution is 5.13. The van der Waals surface area contributed by atoms with Crippen molar-refractivity contribution in [1.29, 1.82) is 0 Å². The normalized spacial score (nSPS) is 27.9. The van der Waals surface area contributed by atoms with Gasteiger partial charge in [-0.1, -0.05) is 0 Å². The van der Waals surface area contributed by atoms with Crippen LogP contribution in [0, 0.1) is 0 Å². The molecule has 88 valence electrons. The highest BCUT2D eigenvalue weighted by atomic mass is 16.5. The van der Waals surface area contributed by atoms with Crippen molar-refractivity contribution in [3.05, 3.63) is 18.2 Å². The van der Waals surface area contributed by atoms with E-state index >= 15 is 0 Å². The Morgan fingerprint density at radius 2 is 2.44 bits per heavy atom. The maximum atomic E-state index is 5.76. The lowest BCUT2D eigenvalue weighted by Crippen LogP contribution is -2.41. The molecule has 2 fully saturated rings. The lowest BCUT2D eigenvalue weighted by Gasteiger charge is -2.30. The Bertz CT molecular complexity index is 353. The van der Waals surface area contributed by atoms with Crippen molar-refractivity contribution in [2.75, 3.05) is 19.7 Å². The zero-order valence-electron chi connectivity index (χ0n) is 9.72. The summed E-state index contributed by atoms with van der Waals surface area (Å²) in [5, 5.41) is 3.31. The van der Waals surface area contributed by atoms with Gasteiger partial charge in [0.2, 0.25) is 0 Å². The standard InChI is InChI=1S/C12H19N3O/c1-9(12-3-2-4-16-12)15-8-14-7-11(15)10-5-13-6-10/h7-10,12-13H,2-6H2,1H3. The van der Waals surface area contributed by atoms with E-state index in [-0.39, 0.29) is 0 Å². The zero-order valence-corrected chi connectivity index (χ0v) is 9.72. The van der Waals surface area contributed by atoms with Gasteiger partial charge < -0.3 is 14.6 Å². The van der Waals surface area contributed by atoms with Crippen molar-refractivity contribution >= 4 is 0 Å². The lowest BCUT2D eigenvalue weighted by molar-refractivity contribution is 0.0717. The van der Waals surface area contributed by atoms with Crippen LogP contribution in [0.1, 0.15) is 37.4 Å². The maximum absolute atomic E-state index is 5.76. The van der Waals surface area contributed by atoms with Crippen LogP contribution in [0.5, 0.6) is 0 Å². The van der Waals surface area contributed by atoms with Crippen LogP contribution in [0.25, 0.3) is 0 Å². The first-order chi connectivity index (χ1) is 7.86. The fourth-order valence-electron chi connectivity index (χ4n) is 2.63. The molecule has 2 atom stereocenters. The van der Waals surface area contributed by atoms with E-state index in [0.29, 0.717) is 18.1 Å². The first kappa shape index (κ1) is 10.3. The summed E-state index contributed by atoms with van der Waals surface area (Å²) in [7, 11) is 0. The van der Waals surface area contributed by atoms with Crippen LogP contribution >= 0.6 is 0 Å². The molecule has 2 saturated heterocycles. The van der Waals surface area contributed by atoms with Gasteiger partial charge in [0.05, 0.1) is 18.5 Å². The quantitative estimate of drug-likeness (QED) is 0.836. The molecule has 3 heterocycles. The van der Waals surface area contributed by atoms with E-state index in [2.05, 4.69) is 21.8 Å². The fraction of sp³-hybridized carbons (Fsp3) is 0.750. The van der Waals surface area contributed by atoms with E-state index in [1.807, 2.05) is 12.5 Å². The van der Waals surface area contributed by atoms with Crippen molar-refractivity contribution < 1.29 is 4.74 Å². The Morgan fingerprint density at radius 1 is 1.56 bits per heavy atom. The first-order valence-electron chi connectivity index (χ1n) is 6.20. The molecule has 0 aliphatic carbocycles. The van der Waals surface area contributed by atoms with Gasteiger partial charge in [0.1, 0.15) is 0 Å². The number of rotatable bonds is 3. The van der Waals surface area contributed by atoms with Gasteiger partial charge in [-0.25, -0.2) is 4.98 Å². The van der Waals surface area contributed by atoms with Crippen LogP contribution in [0.4, 0.5) is 0 Å². The molecule has 4 nitrogen and oxygen atoms in total. The number of nitrogens with one attached hydrogen (secondary N) is 1. The third-order valence-electron chi connectivity index (χ3n) is 3.84. The van der Waals surface area contributed by atoms with Gasteiger partial charge in [-0.15, -0.1) is 0 Å². The average Bonchev–Trinajstić information content (AvgIpc) is 2.84. The second-order valence-electron chi connectivity index (χ2n) is 4.87. The average molecular weight is 221 g/mol. The van der Waals surface area contributed by atoms with Gasteiger partial charge in [0.15, 0.2) is 0 Å². The minimum Gasteiger partial charge on any atom is -0.376 e. The molecular weight excluding hydrogens is 202 g/mol. The molecule has 0 spiro atoms. The molecule has 0 radical (unpaired) electrons. The van der Waals surface area contributed by atoms with Crippen molar-refractivity contribution in [1.82, 2.24) is 14.9 Å². The van der Waals surface area contributed by atoms with Crippen LogP contribution in [0.2, 0.25) is 0 Å². The molecule has 1 aromatic rings. The summed E-state index contributed by atoms with van der Waals surface area (Å²) in [6, 6.07) is 0.417. The van der Waals surface area contributed by atoms with Crippen LogP contribution < -0.4 is 5.32 Å². The lowest BCUT2D eigenvalue weighted by atomic mass is 9.99. The summed E-state index contributed by atoms with van der Waals surface area (Å²) in [5.41, 5.74) is 1.36. The largest absolute Gasteiger partial charge is 0.376 e.